The van der Waals surface area contributed by atoms with Crippen molar-refractivity contribution in [3.8, 4) is 5.75 Å². The molecule has 0 aliphatic carbocycles. The molecule has 0 bridgehead atoms. The Kier molecular flexibility index (Phi) is 5.81. The van der Waals surface area contributed by atoms with Crippen LogP contribution in [0.15, 0.2) is 35.3 Å². The molecule has 0 saturated carbocycles. The summed E-state index contributed by atoms with van der Waals surface area (Å²) in [6.45, 7) is 4.62. The van der Waals surface area contributed by atoms with Crippen molar-refractivity contribution in [2.45, 2.75) is 26.8 Å². The van der Waals surface area contributed by atoms with E-state index in [4.69, 9.17) is 16.3 Å². The summed E-state index contributed by atoms with van der Waals surface area (Å²) in [6.07, 6.45) is 0.821. The van der Waals surface area contributed by atoms with Crippen molar-refractivity contribution >= 4 is 44.7 Å². The van der Waals surface area contributed by atoms with Crippen LogP contribution in [-0.2, 0) is 6.54 Å². The van der Waals surface area contributed by atoms with E-state index < -0.39 is 10.8 Å². The van der Waals surface area contributed by atoms with E-state index in [0.717, 1.165) is 22.2 Å². The van der Waals surface area contributed by atoms with Gasteiger partial charge in [0.1, 0.15) is 16.8 Å². The molecule has 3 aromatic rings. The highest BCUT2D eigenvalue weighted by Gasteiger charge is 2.21. The fraction of sp³-hybridized carbons (Fsp3) is 0.263. The number of nitro benzene ring substituents is 1. The monoisotopic (exact) mass is 419 g/mol. The van der Waals surface area contributed by atoms with Crippen molar-refractivity contribution < 1.29 is 14.5 Å². The molecular weight excluding hydrogens is 402 g/mol. The Morgan fingerprint density at radius 2 is 2.11 bits per heavy atom. The number of carbonyl (C=O) groups excluding carboxylic acids is 1. The Morgan fingerprint density at radius 1 is 1.36 bits per heavy atom. The van der Waals surface area contributed by atoms with Crippen LogP contribution in [0.3, 0.4) is 0 Å². The van der Waals surface area contributed by atoms with Gasteiger partial charge in [-0.25, -0.2) is 0 Å². The normalized spacial score (nSPS) is 11.8. The first-order valence-corrected chi connectivity index (χ1v) is 9.76. The van der Waals surface area contributed by atoms with E-state index in [1.54, 1.807) is 7.11 Å². The summed E-state index contributed by atoms with van der Waals surface area (Å²) in [5, 5.41) is 11.5. The number of halogens is 1. The van der Waals surface area contributed by atoms with Gasteiger partial charge in [0.05, 0.1) is 16.7 Å². The molecule has 0 N–H and O–H groups in total. The van der Waals surface area contributed by atoms with Crippen molar-refractivity contribution in [1.29, 1.82) is 0 Å². The lowest BCUT2D eigenvalue weighted by Crippen LogP contribution is -2.17. The van der Waals surface area contributed by atoms with Crippen LogP contribution in [0.4, 0.5) is 5.69 Å². The van der Waals surface area contributed by atoms with Crippen LogP contribution in [0, 0.1) is 17.0 Å². The van der Waals surface area contributed by atoms with Crippen LogP contribution in [0.2, 0.25) is 5.02 Å². The van der Waals surface area contributed by atoms with E-state index in [9.17, 15) is 14.9 Å². The summed E-state index contributed by atoms with van der Waals surface area (Å²) >= 11 is 7.29. The number of aromatic nitrogens is 1. The van der Waals surface area contributed by atoms with Gasteiger partial charge in [-0.2, -0.15) is 4.99 Å². The molecule has 0 spiro atoms. The van der Waals surface area contributed by atoms with Crippen molar-refractivity contribution in [3.63, 3.8) is 0 Å². The second kappa shape index (κ2) is 8.12. The molecule has 146 valence electrons. The van der Waals surface area contributed by atoms with Gasteiger partial charge in [-0.05, 0) is 37.1 Å². The first-order valence-electron chi connectivity index (χ1n) is 8.57. The molecule has 1 heterocycles. The smallest absolute Gasteiger partial charge is 0.286 e. The Morgan fingerprint density at radius 3 is 2.75 bits per heavy atom. The van der Waals surface area contributed by atoms with E-state index in [2.05, 4.69) is 4.99 Å². The van der Waals surface area contributed by atoms with Crippen LogP contribution < -0.4 is 9.54 Å². The second-order valence-electron chi connectivity index (χ2n) is 6.13. The van der Waals surface area contributed by atoms with Gasteiger partial charge in [0.15, 0.2) is 4.80 Å². The van der Waals surface area contributed by atoms with Crippen molar-refractivity contribution in [2.75, 3.05) is 7.11 Å². The number of hydrogen-bond acceptors (Lipinski definition) is 5. The lowest BCUT2D eigenvalue weighted by molar-refractivity contribution is -0.385. The lowest BCUT2D eigenvalue weighted by atomic mass is 10.2. The molecule has 2 aromatic carbocycles. The second-order valence-corrected chi connectivity index (χ2v) is 7.55. The third kappa shape index (κ3) is 3.65. The summed E-state index contributed by atoms with van der Waals surface area (Å²) in [5.74, 6) is -0.0184. The van der Waals surface area contributed by atoms with Crippen molar-refractivity contribution in [1.82, 2.24) is 4.57 Å². The van der Waals surface area contributed by atoms with E-state index >= 15 is 0 Å². The van der Waals surface area contributed by atoms with Crippen LogP contribution in [-0.4, -0.2) is 22.5 Å². The molecule has 0 fully saturated rings. The average molecular weight is 420 g/mol. The van der Waals surface area contributed by atoms with E-state index in [-0.39, 0.29) is 16.3 Å². The Balaban J connectivity index is 2.27. The minimum atomic E-state index is -0.706. The number of amides is 1. The molecule has 9 heteroatoms. The van der Waals surface area contributed by atoms with Gasteiger partial charge >= 0.3 is 0 Å². The topological polar surface area (TPSA) is 86.7 Å². The lowest BCUT2D eigenvalue weighted by Gasteiger charge is -2.08. The number of methoxy groups -OCH3 is 1. The first kappa shape index (κ1) is 20.0. The fourth-order valence-corrected chi connectivity index (χ4v) is 4.26. The zero-order chi connectivity index (χ0) is 20.4. The number of hydrogen-bond donors (Lipinski definition) is 0. The highest BCUT2D eigenvalue weighted by molar-refractivity contribution is 7.16. The number of aryl methyl sites for hydroxylation is 2. The Bertz CT molecular complexity index is 1150. The Labute approximate surface area is 170 Å². The van der Waals surface area contributed by atoms with Crippen LogP contribution in [0.5, 0.6) is 5.75 Å². The number of rotatable bonds is 5. The number of benzene rings is 2. The van der Waals surface area contributed by atoms with Crippen LogP contribution in [0.1, 0.15) is 29.3 Å². The number of nitrogens with zero attached hydrogens (tertiary/aromatic N) is 3. The number of fused-ring (bicyclic) bond motifs is 1. The molecule has 0 unspecified atom stereocenters. The van der Waals surface area contributed by atoms with E-state index in [1.165, 1.54) is 29.5 Å². The van der Waals surface area contributed by atoms with Gasteiger partial charge in [-0.15, -0.1) is 0 Å². The SMILES string of the molecule is CCCn1c(=NC(=O)c2cc(Cl)ccc2[N+](=O)[O-])sc2c(C)ccc(OC)c21. The zero-order valence-corrected chi connectivity index (χ0v) is 17.1. The maximum atomic E-state index is 12.8. The van der Waals surface area contributed by atoms with Crippen LogP contribution >= 0.6 is 22.9 Å². The quantitative estimate of drug-likeness (QED) is 0.441. The number of carbonyl (C=O) groups is 1. The van der Waals surface area contributed by atoms with Crippen molar-refractivity contribution in [3.05, 3.63) is 61.4 Å². The Hall–Kier alpha value is -2.71. The van der Waals surface area contributed by atoms with E-state index in [0.29, 0.717) is 17.1 Å². The minimum Gasteiger partial charge on any atom is -0.495 e. The number of thiazole rings is 1. The molecule has 0 aliphatic heterocycles. The molecule has 0 aliphatic rings. The van der Waals surface area contributed by atoms with Gasteiger partial charge in [0.25, 0.3) is 11.6 Å². The highest BCUT2D eigenvalue weighted by Crippen LogP contribution is 2.31. The molecular formula is C19H18ClN3O4S. The zero-order valence-electron chi connectivity index (χ0n) is 15.6. The third-order valence-corrected chi connectivity index (χ3v) is 5.68. The molecule has 28 heavy (non-hydrogen) atoms. The number of nitro groups is 1. The average Bonchev–Trinajstić information content (AvgIpc) is 3.01. The molecule has 1 amide bonds. The van der Waals surface area contributed by atoms with Crippen LogP contribution in [0.25, 0.3) is 10.2 Å². The minimum absolute atomic E-state index is 0.137. The summed E-state index contributed by atoms with van der Waals surface area (Å²) in [6, 6.07) is 7.69. The molecule has 3 rings (SSSR count). The summed E-state index contributed by atoms with van der Waals surface area (Å²) in [5.41, 5.74) is 1.44. The maximum Gasteiger partial charge on any atom is 0.286 e. The highest BCUT2D eigenvalue weighted by atomic mass is 35.5. The largest absolute Gasteiger partial charge is 0.495 e. The standard InChI is InChI=1S/C19H18ClN3O4S/c1-4-9-22-16-15(27-3)8-5-11(2)17(16)28-19(22)21-18(24)13-10-12(20)6-7-14(13)23(25)26/h5-8,10H,4,9H2,1-3H3. The molecule has 1 aromatic heterocycles. The van der Waals surface area contributed by atoms with Gasteiger partial charge in [0, 0.05) is 17.6 Å². The van der Waals surface area contributed by atoms with E-state index in [1.807, 2.05) is 30.5 Å². The summed E-state index contributed by atoms with van der Waals surface area (Å²) in [4.78, 5) is 28.1. The molecule has 7 nitrogen and oxygen atoms in total. The predicted molar refractivity (Wildman–Crippen MR) is 109 cm³/mol. The summed E-state index contributed by atoms with van der Waals surface area (Å²) < 4.78 is 8.37. The third-order valence-electron chi connectivity index (χ3n) is 4.24. The van der Waals surface area contributed by atoms with Crippen molar-refractivity contribution in [2.24, 2.45) is 4.99 Å². The molecule has 0 radical (unpaired) electrons. The first-order chi connectivity index (χ1) is 13.4. The van der Waals surface area contributed by atoms with Gasteiger partial charge in [-0.1, -0.05) is 35.9 Å². The van der Waals surface area contributed by atoms with Gasteiger partial charge < -0.3 is 9.30 Å². The van der Waals surface area contributed by atoms with Gasteiger partial charge in [0.2, 0.25) is 0 Å². The predicted octanol–water partition coefficient (Wildman–Crippen LogP) is 4.73. The van der Waals surface area contributed by atoms with Gasteiger partial charge in [-0.3, -0.25) is 14.9 Å². The number of ether oxygens (including phenoxy) is 1. The fourth-order valence-electron chi connectivity index (χ4n) is 2.95. The maximum absolute atomic E-state index is 12.8. The molecule has 0 saturated heterocycles. The molecule has 0 atom stereocenters. The summed E-state index contributed by atoms with van der Waals surface area (Å²) in [7, 11) is 1.59.